The maximum absolute atomic E-state index is 6.00. The fraction of sp³-hybridized carbons (Fsp3) is 0.263. The van der Waals surface area contributed by atoms with Gasteiger partial charge in [-0.05, 0) is 24.3 Å². The van der Waals surface area contributed by atoms with Crippen LogP contribution >= 0.6 is 0 Å². The molecule has 0 N–H and O–H groups in total. The molecule has 0 amide bonds. The van der Waals surface area contributed by atoms with Gasteiger partial charge in [-0.25, -0.2) is 0 Å². The highest BCUT2D eigenvalue weighted by Gasteiger charge is 2.14. The molecule has 0 atom stereocenters. The van der Waals surface area contributed by atoms with Gasteiger partial charge >= 0.3 is 0 Å². The Hall–Kier alpha value is -2.82. The van der Waals surface area contributed by atoms with Crippen LogP contribution in [-0.4, -0.2) is 17.2 Å². The van der Waals surface area contributed by atoms with Crippen molar-refractivity contribution in [3.8, 4) is 11.5 Å². The molecule has 0 fully saturated rings. The first kappa shape index (κ1) is 16.1. The zero-order valence-electron chi connectivity index (χ0n) is 14.1. The van der Waals surface area contributed by atoms with Crippen LogP contribution in [0.2, 0.25) is 0 Å². The molecule has 0 aliphatic heterocycles. The van der Waals surface area contributed by atoms with Gasteiger partial charge in [-0.1, -0.05) is 49.3 Å². The van der Waals surface area contributed by atoms with Crippen molar-refractivity contribution in [1.82, 2.24) is 10.1 Å². The Bertz CT molecular complexity index is 784. The van der Waals surface area contributed by atoms with Gasteiger partial charge in [0.25, 0.3) is 0 Å². The molecule has 2 aromatic carbocycles. The number of nitrogens with zero attached hydrogens (tertiary/aromatic N) is 3. The fourth-order valence-corrected chi connectivity index (χ4v) is 2.33. The zero-order chi connectivity index (χ0) is 16.9. The van der Waals surface area contributed by atoms with Gasteiger partial charge in [-0.15, -0.1) is 0 Å². The summed E-state index contributed by atoms with van der Waals surface area (Å²) in [5.41, 5.74) is 0.964. The predicted molar refractivity (Wildman–Crippen MR) is 93.5 cm³/mol. The molecule has 0 spiro atoms. The summed E-state index contributed by atoms with van der Waals surface area (Å²) in [4.78, 5) is 6.47. The SMILES string of the molecule is CC(C)c1noc(CN(C)c2ccccc2Oc2ccccc2)n1. The monoisotopic (exact) mass is 323 g/mol. The molecule has 0 saturated heterocycles. The second-order valence-corrected chi connectivity index (χ2v) is 5.94. The Morgan fingerprint density at radius 1 is 1.04 bits per heavy atom. The first-order valence-corrected chi connectivity index (χ1v) is 7.99. The number of anilines is 1. The highest BCUT2D eigenvalue weighted by Crippen LogP contribution is 2.32. The van der Waals surface area contributed by atoms with Crippen LogP contribution in [0.25, 0.3) is 0 Å². The van der Waals surface area contributed by atoms with Gasteiger partial charge in [0.15, 0.2) is 11.6 Å². The molecule has 0 radical (unpaired) electrons. The van der Waals surface area contributed by atoms with E-state index < -0.39 is 0 Å². The van der Waals surface area contributed by atoms with E-state index in [0.29, 0.717) is 12.4 Å². The van der Waals surface area contributed by atoms with Crippen molar-refractivity contribution in [1.29, 1.82) is 0 Å². The van der Waals surface area contributed by atoms with E-state index >= 15 is 0 Å². The van der Waals surface area contributed by atoms with Crippen molar-refractivity contribution in [3.05, 3.63) is 66.3 Å². The lowest BCUT2D eigenvalue weighted by Gasteiger charge is -2.20. The largest absolute Gasteiger partial charge is 0.455 e. The van der Waals surface area contributed by atoms with E-state index in [1.807, 2.05) is 80.4 Å². The first-order chi connectivity index (χ1) is 11.6. The highest BCUT2D eigenvalue weighted by atomic mass is 16.5. The first-order valence-electron chi connectivity index (χ1n) is 7.99. The van der Waals surface area contributed by atoms with Gasteiger partial charge in [0, 0.05) is 13.0 Å². The second-order valence-electron chi connectivity index (χ2n) is 5.94. The Kier molecular flexibility index (Phi) is 4.79. The van der Waals surface area contributed by atoms with Crippen LogP contribution in [0.5, 0.6) is 11.5 Å². The minimum Gasteiger partial charge on any atom is -0.455 e. The lowest BCUT2D eigenvalue weighted by molar-refractivity contribution is 0.370. The molecule has 5 heteroatoms. The van der Waals surface area contributed by atoms with Crippen LogP contribution in [0.4, 0.5) is 5.69 Å². The van der Waals surface area contributed by atoms with Crippen molar-refractivity contribution in [2.24, 2.45) is 0 Å². The standard InChI is InChI=1S/C19H21N3O2/c1-14(2)19-20-18(24-21-19)13-22(3)16-11-7-8-12-17(16)23-15-9-5-4-6-10-15/h4-12,14H,13H2,1-3H3. The van der Waals surface area contributed by atoms with Crippen LogP contribution in [0, 0.1) is 0 Å². The molecule has 0 saturated carbocycles. The summed E-state index contributed by atoms with van der Waals surface area (Å²) >= 11 is 0. The van der Waals surface area contributed by atoms with Gasteiger partial charge in [0.1, 0.15) is 5.75 Å². The minimum absolute atomic E-state index is 0.251. The number of rotatable bonds is 6. The van der Waals surface area contributed by atoms with Crippen LogP contribution < -0.4 is 9.64 Å². The van der Waals surface area contributed by atoms with Gasteiger partial charge in [-0.2, -0.15) is 4.98 Å². The van der Waals surface area contributed by atoms with Crippen LogP contribution in [0.1, 0.15) is 31.5 Å². The summed E-state index contributed by atoms with van der Waals surface area (Å²) < 4.78 is 11.3. The number of hydrogen-bond acceptors (Lipinski definition) is 5. The Balaban J connectivity index is 1.78. The lowest BCUT2D eigenvalue weighted by Crippen LogP contribution is -2.17. The summed E-state index contributed by atoms with van der Waals surface area (Å²) in [6.07, 6.45) is 0. The van der Waals surface area contributed by atoms with Crippen molar-refractivity contribution in [2.45, 2.75) is 26.3 Å². The Morgan fingerprint density at radius 3 is 2.46 bits per heavy atom. The number of ether oxygens (including phenoxy) is 1. The zero-order valence-corrected chi connectivity index (χ0v) is 14.1. The van der Waals surface area contributed by atoms with E-state index in [4.69, 9.17) is 9.26 Å². The van der Waals surface area contributed by atoms with Crippen molar-refractivity contribution < 1.29 is 9.26 Å². The van der Waals surface area contributed by atoms with Crippen LogP contribution in [0.3, 0.4) is 0 Å². The third kappa shape index (κ3) is 3.74. The third-order valence-electron chi connectivity index (χ3n) is 3.62. The minimum atomic E-state index is 0.251. The van der Waals surface area contributed by atoms with Gasteiger partial charge in [0.05, 0.1) is 12.2 Å². The molecular formula is C19H21N3O2. The number of benzene rings is 2. The molecule has 0 aliphatic rings. The molecule has 3 aromatic rings. The second kappa shape index (κ2) is 7.17. The van der Waals surface area contributed by atoms with E-state index in [1.54, 1.807) is 0 Å². The number of hydrogen-bond donors (Lipinski definition) is 0. The molecule has 1 heterocycles. The summed E-state index contributed by atoms with van der Waals surface area (Å²) in [7, 11) is 1.98. The Morgan fingerprint density at radius 2 is 1.75 bits per heavy atom. The molecule has 3 rings (SSSR count). The van der Waals surface area contributed by atoms with E-state index in [2.05, 4.69) is 10.1 Å². The maximum Gasteiger partial charge on any atom is 0.246 e. The molecule has 0 bridgehead atoms. The van der Waals surface area contributed by atoms with Gasteiger partial charge in [0.2, 0.25) is 5.89 Å². The average molecular weight is 323 g/mol. The third-order valence-corrected chi connectivity index (χ3v) is 3.62. The molecule has 0 unspecified atom stereocenters. The summed E-state index contributed by atoms with van der Waals surface area (Å²) in [5, 5.41) is 4.01. The number of para-hydroxylation sites is 3. The Labute approximate surface area is 141 Å². The van der Waals surface area contributed by atoms with E-state index in [-0.39, 0.29) is 5.92 Å². The molecular weight excluding hydrogens is 302 g/mol. The topological polar surface area (TPSA) is 51.4 Å². The van der Waals surface area contributed by atoms with E-state index in [1.165, 1.54) is 0 Å². The van der Waals surface area contributed by atoms with Gasteiger partial charge in [-0.3, -0.25) is 0 Å². The van der Waals surface area contributed by atoms with E-state index in [9.17, 15) is 0 Å². The number of aromatic nitrogens is 2. The van der Waals surface area contributed by atoms with Gasteiger partial charge < -0.3 is 14.2 Å². The highest BCUT2D eigenvalue weighted by molar-refractivity contribution is 5.59. The van der Waals surface area contributed by atoms with Crippen molar-refractivity contribution in [2.75, 3.05) is 11.9 Å². The van der Waals surface area contributed by atoms with Crippen LogP contribution in [0.15, 0.2) is 59.1 Å². The molecule has 5 nitrogen and oxygen atoms in total. The predicted octanol–water partition coefficient (Wildman–Crippen LogP) is 4.62. The molecule has 0 aliphatic carbocycles. The summed E-state index contributed by atoms with van der Waals surface area (Å²) in [5.74, 6) is 3.16. The molecule has 24 heavy (non-hydrogen) atoms. The smallest absolute Gasteiger partial charge is 0.246 e. The fourth-order valence-electron chi connectivity index (χ4n) is 2.33. The summed E-state index contributed by atoms with van der Waals surface area (Å²) in [6.45, 7) is 4.61. The lowest BCUT2D eigenvalue weighted by atomic mass is 10.2. The van der Waals surface area contributed by atoms with E-state index in [0.717, 1.165) is 23.0 Å². The molecule has 124 valence electrons. The average Bonchev–Trinajstić information content (AvgIpc) is 3.05. The van der Waals surface area contributed by atoms with Crippen LogP contribution in [-0.2, 0) is 6.54 Å². The maximum atomic E-state index is 6.00. The van der Waals surface area contributed by atoms with Crippen molar-refractivity contribution >= 4 is 5.69 Å². The van der Waals surface area contributed by atoms with Crippen molar-refractivity contribution in [3.63, 3.8) is 0 Å². The quantitative estimate of drug-likeness (QED) is 0.662. The summed E-state index contributed by atoms with van der Waals surface area (Å²) in [6, 6.07) is 17.6. The molecule has 1 aromatic heterocycles. The normalized spacial score (nSPS) is 10.8.